The Hall–Kier alpha value is -1.94. The Balaban J connectivity index is 2.22. The topological polar surface area (TPSA) is 48.1 Å². The highest BCUT2D eigenvalue weighted by Crippen LogP contribution is 2.23. The Morgan fingerprint density at radius 1 is 1.29 bits per heavy atom. The van der Waals surface area contributed by atoms with Gasteiger partial charge in [-0.15, -0.1) is 0 Å². The molecular formula is C13H13FN2O. The highest BCUT2D eigenvalue weighted by molar-refractivity contribution is 5.32. The minimum absolute atomic E-state index is 0.179. The Labute approximate surface area is 99.1 Å². The van der Waals surface area contributed by atoms with Crippen LogP contribution in [0, 0.1) is 12.7 Å². The fraction of sp³-hybridized carbons (Fsp3) is 0.154. The molecule has 0 amide bonds. The third-order valence-electron chi connectivity index (χ3n) is 2.33. The highest BCUT2D eigenvalue weighted by atomic mass is 19.1. The van der Waals surface area contributed by atoms with E-state index < -0.39 is 5.82 Å². The zero-order valence-electron chi connectivity index (χ0n) is 9.48. The number of nitrogens with two attached hydrogens (primary N) is 1. The van der Waals surface area contributed by atoms with E-state index in [-0.39, 0.29) is 5.75 Å². The molecule has 0 aliphatic rings. The van der Waals surface area contributed by atoms with Gasteiger partial charge in [0.15, 0.2) is 11.6 Å². The van der Waals surface area contributed by atoms with E-state index in [1.807, 2.05) is 6.92 Å². The molecule has 0 unspecified atom stereocenters. The summed E-state index contributed by atoms with van der Waals surface area (Å²) < 4.78 is 18.8. The molecule has 0 atom stereocenters. The van der Waals surface area contributed by atoms with E-state index in [4.69, 9.17) is 10.5 Å². The molecule has 0 aliphatic heterocycles. The van der Waals surface area contributed by atoms with Gasteiger partial charge in [-0.25, -0.2) is 9.37 Å². The molecule has 0 spiro atoms. The lowest BCUT2D eigenvalue weighted by Crippen LogP contribution is -1.97. The van der Waals surface area contributed by atoms with Crippen LogP contribution < -0.4 is 10.5 Å². The van der Waals surface area contributed by atoms with Gasteiger partial charge in [-0.05, 0) is 30.2 Å². The largest absolute Gasteiger partial charge is 0.436 e. The van der Waals surface area contributed by atoms with Gasteiger partial charge in [0.1, 0.15) is 0 Å². The van der Waals surface area contributed by atoms with Crippen molar-refractivity contribution >= 4 is 0 Å². The molecule has 2 aromatic rings. The maximum Gasteiger partial charge on any atom is 0.219 e. The van der Waals surface area contributed by atoms with Crippen LogP contribution in [0.1, 0.15) is 11.1 Å². The monoisotopic (exact) mass is 232 g/mol. The standard InChI is InChI=1S/C13H13FN2O/c1-9-2-4-11(14)12(6-9)17-13-5-3-10(7-15)8-16-13/h2-6,8H,7,15H2,1H3. The molecule has 0 saturated heterocycles. The van der Waals surface area contributed by atoms with Crippen LogP contribution in [-0.2, 0) is 6.54 Å². The smallest absolute Gasteiger partial charge is 0.219 e. The van der Waals surface area contributed by atoms with E-state index in [0.717, 1.165) is 11.1 Å². The molecule has 1 heterocycles. The first kappa shape index (κ1) is 11.5. The molecule has 0 aliphatic carbocycles. The minimum atomic E-state index is -0.402. The summed E-state index contributed by atoms with van der Waals surface area (Å²) in [6, 6.07) is 8.17. The first-order valence-electron chi connectivity index (χ1n) is 5.28. The third kappa shape index (κ3) is 2.79. The summed E-state index contributed by atoms with van der Waals surface area (Å²) >= 11 is 0. The van der Waals surface area contributed by atoms with E-state index in [2.05, 4.69) is 4.98 Å². The summed E-state index contributed by atoms with van der Waals surface area (Å²) in [5.41, 5.74) is 7.29. The fourth-order valence-corrected chi connectivity index (χ4v) is 1.39. The molecule has 0 saturated carbocycles. The molecule has 0 radical (unpaired) electrons. The molecule has 0 bridgehead atoms. The van der Waals surface area contributed by atoms with Crippen LogP contribution in [-0.4, -0.2) is 4.98 Å². The number of ether oxygens (including phenoxy) is 1. The van der Waals surface area contributed by atoms with Crippen LogP contribution in [0.3, 0.4) is 0 Å². The van der Waals surface area contributed by atoms with Crippen LogP contribution >= 0.6 is 0 Å². The molecule has 3 nitrogen and oxygen atoms in total. The summed E-state index contributed by atoms with van der Waals surface area (Å²) in [6.45, 7) is 2.29. The summed E-state index contributed by atoms with van der Waals surface area (Å²) in [4.78, 5) is 4.05. The second-order valence-corrected chi connectivity index (χ2v) is 3.74. The number of hydrogen-bond acceptors (Lipinski definition) is 3. The van der Waals surface area contributed by atoms with Gasteiger partial charge < -0.3 is 10.5 Å². The van der Waals surface area contributed by atoms with Crippen molar-refractivity contribution in [1.29, 1.82) is 0 Å². The molecule has 2 N–H and O–H groups in total. The maximum absolute atomic E-state index is 13.4. The van der Waals surface area contributed by atoms with Gasteiger partial charge in [-0.3, -0.25) is 0 Å². The summed E-state index contributed by atoms with van der Waals surface area (Å²) in [6.07, 6.45) is 1.61. The number of rotatable bonds is 3. The van der Waals surface area contributed by atoms with Gasteiger partial charge in [-0.1, -0.05) is 12.1 Å². The molecule has 2 rings (SSSR count). The Bertz CT molecular complexity index is 511. The summed E-state index contributed by atoms with van der Waals surface area (Å²) in [5.74, 6) is 0.130. The highest BCUT2D eigenvalue weighted by Gasteiger charge is 2.05. The number of aromatic nitrogens is 1. The van der Waals surface area contributed by atoms with E-state index >= 15 is 0 Å². The van der Waals surface area contributed by atoms with Crippen LogP contribution in [0.5, 0.6) is 11.6 Å². The molecular weight excluding hydrogens is 219 g/mol. The maximum atomic E-state index is 13.4. The van der Waals surface area contributed by atoms with E-state index in [1.165, 1.54) is 6.07 Å². The van der Waals surface area contributed by atoms with Crippen molar-refractivity contribution in [3.05, 3.63) is 53.5 Å². The van der Waals surface area contributed by atoms with Gasteiger partial charge in [0.25, 0.3) is 0 Å². The van der Waals surface area contributed by atoms with Crippen LogP contribution in [0.4, 0.5) is 4.39 Å². The summed E-state index contributed by atoms with van der Waals surface area (Å²) in [7, 11) is 0. The predicted octanol–water partition coefficient (Wildman–Crippen LogP) is 2.78. The van der Waals surface area contributed by atoms with E-state index in [0.29, 0.717) is 12.4 Å². The van der Waals surface area contributed by atoms with Gasteiger partial charge in [0, 0.05) is 18.8 Å². The Kier molecular flexibility index (Phi) is 3.35. The zero-order valence-corrected chi connectivity index (χ0v) is 9.48. The first-order chi connectivity index (χ1) is 8.19. The van der Waals surface area contributed by atoms with Crippen molar-refractivity contribution in [2.75, 3.05) is 0 Å². The first-order valence-corrected chi connectivity index (χ1v) is 5.28. The number of pyridine rings is 1. The van der Waals surface area contributed by atoms with Crippen LogP contribution in [0.2, 0.25) is 0 Å². The van der Waals surface area contributed by atoms with Crippen molar-refractivity contribution in [1.82, 2.24) is 4.98 Å². The van der Waals surface area contributed by atoms with Crippen molar-refractivity contribution in [3.8, 4) is 11.6 Å². The Morgan fingerprint density at radius 3 is 2.76 bits per heavy atom. The van der Waals surface area contributed by atoms with E-state index in [9.17, 15) is 4.39 Å². The lowest BCUT2D eigenvalue weighted by molar-refractivity contribution is 0.427. The normalized spacial score (nSPS) is 10.3. The molecule has 88 valence electrons. The molecule has 4 heteroatoms. The van der Waals surface area contributed by atoms with Gasteiger partial charge >= 0.3 is 0 Å². The molecule has 1 aromatic carbocycles. The predicted molar refractivity (Wildman–Crippen MR) is 63.3 cm³/mol. The molecule has 0 fully saturated rings. The quantitative estimate of drug-likeness (QED) is 0.885. The molecule has 17 heavy (non-hydrogen) atoms. The fourth-order valence-electron chi connectivity index (χ4n) is 1.39. The van der Waals surface area contributed by atoms with E-state index in [1.54, 1.807) is 30.5 Å². The summed E-state index contributed by atoms with van der Waals surface area (Å²) in [5, 5.41) is 0. The third-order valence-corrected chi connectivity index (χ3v) is 2.33. The van der Waals surface area contributed by atoms with Crippen molar-refractivity contribution in [3.63, 3.8) is 0 Å². The number of aryl methyl sites for hydroxylation is 1. The second-order valence-electron chi connectivity index (χ2n) is 3.74. The van der Waals surface area contributed by atoms with Crippen LogP contribution in [0.25, 0.3) is 0 Å². The Morgan fingerprint density at radius 2 is 2.12 bits per heavy atom. The molecule has 1 aromatic heterocycles. The van der Waals surface area contributed by atoms with Crippen molar-refractivity contribution < 1.29 is 9.13 Å². The van der Waals surface area contributed by atoms with Gasteiger partial charge in [0.05, 0.1) is 0 Å². The van der Waals surface area contributed by atoms with Crippen LogP contribution in [0.15, 0.2) is 36.5 Å². The van der Waals surface area contributed by atoms with Crippen molar-refractivity contribution in [2.24, 2.45) is 5.73 Å². The second kappa shape index (κ2) is 4.93. The van der Waals surface area contributed by atoms with Crippen molar-refractivity contribution in [2.45, 2.75) is 13.5 Å². The number of hydrogen-bond donors (Lipinski definition) is 1. The van der Waals surface area contributed by atoms with Gasteiger partial charge in [-0.2, -0.15) is 0 Å². The zero-order chi connectivity index (χ0) is 12.3. The minimum Gasteiger partial charge on any atom is -0.436 e. The van der Waals surface area contributed by atoms with Gasteiger partial charge in [0.2, 0.25) is 5.88 Å². The SMILES string of the molecule is Cc1ccc(F)c(Oc2ccc(CN)cn2)c1. The number of nitrogens with zero attached hydrogens (tertiary/aromatic N) is 1. The lowest BCUT2D eigenvalue weighted by Gasteiger charge is -2.07. The lowest BCUT2D eigenvalue weighted by atomic mass is 10.2. The average molecular weight is 232 g/mol. The average Bonchev–Trinajstić information content (AvgIpc) is 2.35. The number of halogens is 1. The number of benzene rings is 1.